The van der Waals surface area contributed by atoms with E-state index < -0.39 is 0 Å². The normalized spacial score (nSPS) is 15.9. The van der Waals surface area contributed by atoms with Crippen LogP contribution >= 0.6 is 0 Å². The second-order valence-corrected chi connectivity index (χ2v) is 7.55. The van der Waals surface area contributed by atoms with Gasteiger partial charge >= 0.3 is 0 Å². The van der Waals surface area contributed by atoms with E-state index in [1.165, 1.54) is 12.1 Å². The number of nitrogens with one attached hydrogen (secondary N) is 1. The number of aryl methyl sites for hydroxylation is 1. The highest BCUT2D eigenvalue weighted by Crippen LogP contribution is 2.36. The lowest BCUT2D eigenvalue weighted by Gasteiger charge is -2.38. The predicted molar refractivity (Wildman–Crippen MR) is 109 cm³/mol. The van der Waals surface area contributed by atoms with Crippen LogP contribution in [0.5, 0.6) is 5.75 Å². The van der Waals surface area contributed by atoms with Gasteiger partial charge in [0.15, 0.2) is 0 Å². The summed E-state index contributed by atoms with van der Waals surface area (Å²) in [6, 6.07) is 12.5. The van der Waals surface area contributed by atoms with Gasteiger partial charge in [0.05, 0.1) is 18.2 Å². The molecule has 1 N–H and O–H groups in total. The maximum Gasteiger partial charge on any atom is 0.222 e. The summed E-state index contributed by atoms with van der Waals surface area (Å²) >= 11 is 0. The Kier molecular flexibility index (Phi) is 6.52. The van der Waals surface area contributed by atoms with Gasteiger partial charge in [-0.3, -0.25) is 4.79 Å². The number of likely N-dealkylation sites (N-methyl/N-ethyl adjacent to an activating group) is 1. The van der Waals surface area contributed by atoms with Crippen LogP contribution in [-0.2, 0) is 11.3 Å². The number of hydrogen-bond donors (Lipinski definition) is 1. The average molecular weight is 385 g/mol. The molecule has 1 amide bonds. The fourth-order valence-electron chi connectivity index (χ4n) is 3.32. The lowest BCUT2D eigenvalue weighted by Crippen LogP contribution is -2.46. The summed E-state index contributed by atoms with van der Waals surface area (Å²) in [5, 5.41) is 2.97. The molecule has 0 saturated carbocycles. The minimum absolute atomic E-state index is 0.00937. The molecule has 5 nitrogen and oxygen atoms in total. The Bertz CT molecular complexity index is 808. The summed E-state index contributed by atoms with van der Waals surface area (Å²) in [5.74, 6) is 0.583. The molecule has 1 heterocycles. The number of fused-ring (bicyclic) bond motifs is 1. The van der Waals surface area contributed by atoms with Crippen molar-refractivity contribution in [3.63, 3.8) is 0 Å². The van der Waals surface area contributed by atoms with Crippen LogP contribution in [0.2, 0.25) is 0 Å². The quantitative estimate of drug-likeness (QED) is 0.796. The molecule has 1 aliphatic rings. The van der Waals surface area contributed by atoms with Gasteiger partial charge < -0.3 is 19.9 Å². The molecule has 28 heavy (non-hydrogen) atoms. The number of carbonyl (C=O) groups excluding carboxylic acids is 1. The molecular weight excluding hydrogens is 357 g/mol. The first kappa shape index (κ1) is 20.1. The maximum absolute atomic E-state index is 13.3. The summed E-state index contributed by atoms with van der Waals surface area (Å²) in [5.41, 5.74) is 3.08. The standard InChI is InChI=1S/C22H28FN3O2/c1-16-4-9-20-21(12-16)28-15-19(13-22(27)24-10-11-25(2)3)26(20)14-17-5-7-18(23)8-6-17/h4-9,12,19H,10-11,13-15H2,1-3H3,(H,24,27)/t19-/m1/s1. The first-order valence-corrected chi connectivity index (χ1v) is 9.58. The van der Waals surface area contributed by atoms with Crippen molar-refractivity contribution >= 4 is 11.6 Å². The van der Waals surface area contributed by atoms with Gasteiger partial charge in [-0.15, -0.1) is 0 Å². The van der Waals surface area contributed by atoms with E-state index in [1.807, 2.05) is 44.1 Å². The molecule has 0 aromatic heterocycles. The van der Waals surface area contributed by atoms with E-state index >= 15 is 0 Å². The summed E-state index contributed by atoms with van der Waals surface area (Å²) in [6.45, 7) is 4.48. The SMILES string of the molecule is Cc1ccc2c(c1)OC[C@@H](CC(=O)NCCN(C)C)N2Cc1ccc(F)cc1. The van der Waals surface area contributed by atoms with Crippen LogP contribution in [0.1, 0.15) is 17.5 Å². The summed E-state index contributed by atoms with van der Waals surface area (Å²) in [7, 11) is 3.95. The molecule has 0 unspecified atom stereocenters. The fourth-order valence-corrected chi connectivity index (χ4v) is 3.32. The van der Waals surface area contributed by atoms with E-state index in [4.69, 9.17) is 4.74 Å². The number of ether oxygens (including phenoxy) is 1. The van der Waals surface area contributed by atoms with Crippen LogP contribution in [0.15, 0.2) is 42.5 Å². The molecule has 1 atom stereocenters. The second kappa shape index (κ2) is 9.06. The van der Waals surface area contributed by atoms with Gasteiger partial charge in [0.1, 0.15) is 18.2 Å². The van der Waals surface area contributed by atoms with Crippen molar-refractivity contribution in [2.75, 3.05) is 38.7 Å². The maximum atomic E-state index is 13.3. The van der Waals surface area contributed by atoms with Crippen LogP contribution in [0.25, 0.3) is 0 Å². The first-order valence-electron chi connectivity index (χ1n) is 9.58. The van der Waals surface area contributed by atoms with E-state index in [1.54, 1.807) is 12.1 Å². The van der Waals surface area contributed by atoms with Gasteiger partial charge in [0, 0.05) is 19.6 Å². The molecular formula is C22H28FN3O2. The third-order valence-corrected chi connectivity index (χ3v) is 4.87. The summed E-state index contributed by atoms with van der Waals surface area (Å²) in [6.07, 6.45) is 0.349. The Morgan fingerprint density at radius 3 is 2.71 bits per heavy atom. The van der Waals surface area contributed by atoms with Gasteiger partial charge in [-0.25, -0.2) is 4.39 Å². The van der Waals surface area contributed by atoms with E-state index in [9.17, 15) is 9.18 Å². The summed E-state index contributed by atoms with van der Waals surface area (Å²) in [4.78, 5) is 16.7. The smallest absolute Gasteiger partial charge is 0.222 e. The summed E-state index contributed by atoms with van der Waals surface area (Å²) < 4.78 is 19.2. The van der Waals surface area contributed by atoms with Gasteiger partial charge in [-0.1, -0.05) is 18.2 Å². The molecule has 2 aromatic carbocycles. The van der Waals surface area contributed by atoms with Gasteiger partial charge in [-0.05, 0) is 56.4 Å². The number of rotatable bonds is 7. The zero-order chi connectivity index (χ0) is 20.1. The van der Waals surface area contributed by atoms with Crippen LogP contribution < -0.4 is 15.0 Å². The first-order chi connectivity index (χ1) is 13.4. The van der Waals surface area contributed by atoms with Crippen molar-refractivity contribution in [2.45, 2.75) is 25.9 Å². The number of carbonyl (C=O) groups is 1. The molecule has 150 valence electrons. The molecule has 0 saturated heterocycles. The molecule has 0 bridgehead atoms. The van der Waals surface area contributed by atoms with Gasteiger partial charge in [-0.2, -0.15) is 0 Å². The molecule has 0 fully saturated rings. The Morgan fingerprint density at radius 1 is 1.25 bits per heavy atom. The Morgan fingerprint density at radius 2 is 2.00 bits per heavy atom. The zero-order valence-electron chi connectivity index (χ0n) is 16.7. The lowest BCUT2D eigenvalue weighted by molar-refractivity contribution is -0.121. The van der Waals surface area contributed by atoms with Crippen LogP contribution in [0, 0.1) is 12.7 Å². The number of nitrogens with zero attached hydrogens (tertiary/aromatic N) is 2. The molecule has 1 aliphatic heterocycles. The minimum Gasteiger partial charge on any atom is -0.489 e. The third-order valence-electron chi connectivity index (χ3n) is 4.87. The van der Waals surface area contributed by atoms with Crippen molar-refractivity contribution < 1.29 is 13.9 Å². The third kappa shape index (κ3) is 5.23. The van der Waals surface area contributed by atoms with Crippen molar-refractivity contribution in [3.8, 4) is 5.75 Å². The van der Waals surface area contributed by atoms with Crippen molar-refractivity contribution in [1.82, 2.24) is 10.2 Å². The highest BCUT2D eigenvalue weighted by molar-refractivity contribution is 5.77. The highest BCUT2D eigenvalue weighted by Gasteiger charge is 2.29. The molecule has 0 aliphatic carbocycles. The lowest BCUT2D eigenvalue weighted by atomic mass is 10.0. The Balaban J connectivity index is 1.76. The van der Waals surface area contributed by atoms with Gasteiger partial charge in [0.2, 0.25) is 5.91 Å². The number of hydrogen-bond acceptors (Lipinski definition) is 4. The highest BCUT2D eigenvalue weighted by atomic mass is 19.1. The van der Waals surface area contributed by atoms with E-state index in [2.05, 4.69) is 10.2 Å². The molecule has 0 spiro atoms. The number of anilines is 1. The largest absolute Gasteiger partial charge is 0.489 e. The predicted octanol–water partition coefficient (Wildman–Crippen LogP) is 2.97. The topological polar surface area (TPSA) is 44.8 Å². The van der Waals surface area contributed by atoms with Crippen LogP contribution in [0.4, 0.5) is 10.1 Å². The molecule has 0 radical (unpaired) electrons. The zero-order valence-corrected chi connectivity index (χ0v) is 16.7. The minimum atomic E-state index is -0.251. The average Bonchev–Trinajstić information content (AvgIpc) is 2.65. The van der Waals surface area contributed by atoms with Crippen LogP contribution in [0.3, 0.4) is 0 Å². The molecule has 3 rings (SSSR count). The number of halogens is 1. The number of benzene rings is 2. The van der Waals surface area contributed by atoms with E-state index in [-0.39, 0.29) is 17.8 Å². The second-order valence-electron chi connectivity index (χ2n) is 7.55. The Hall–Kier alpha value is -2.60. The van der Waals surface area contributed by atoms with E-state index in [0.29, 0.717) is 26.1 Å². The van der Waals surface area contributed by atoms with Crippen molar-refractivity contribution in [3.05, 3.63) is 59.4 Å². The van der Waals surface area contributed by atoms with Crippen molar-refractivity contribution in [2.24, 2.45) is 0 Å². The molecule has 2 aromatic rings. The van der Waals surface area contributed by atoms with Crippen LogP contribution in [-0.4, -0.2) is 50.6 Å². The number of amides is 1. The monoisotopic (exact) mass is 385 g/mol. The van der Waals surface area contributed by atoms with Gasteiger partial charge in [0.25, 0.3) is 0 Å². The molecule has 6 heteroatoms. The Labute approximate surface area is 166 Å². The fraction of sp³-hybridized carbons (Fsp3) is 0.409. The van der Waals surface area contributed by atoms with Crippen molar-refractivity contribution in [1.29, 1.82) is 0 Å². The van der Waals surface area contributed by atoms with E-state index in [0.717, 1.165) is 29.1 Å².